The van der Waals surface area contributed by atoms with Crippen LogP contribution in [0.2, 0.25) is 0 Å². The molecule has 2 aromatic carbocycles. The topological polar surface area (TPSA) is 99.0 Å². The predicted molar refractivity (Wildman–Crippen MR) is 147 cm³/mol. The van der Waals surface area contributed by atoms with Gasteiger partial charge in [-0.3, -0.25) is 24.0 Å². The molecule has 1 atom stereocenters. The molecule has 0 aliphatic carbocycles. The molecule has 3 amide bonds. The molecule has 9 heteroatoms. The Morgan fingerprint density at radius 1 is 1.05 bits per heavy atom. The van der Waals surface area contributed by atoms with Crippen LogP contribution in [0.5, 0.6) is 0 Å². The van der Waals surface area contributed by atoms with Crippen LogP contribution < -0.4 is 4.90 Å². The summed E-state index contributed by atoms with van der Waals surface area (Å²) in [5.41, 5.74) is 4.42. The summed E-state index contributed by atoms with van der Waals surface area (Å²) in [5, 5.41) is 14.1. The van der Waals surface area contributed by atoms with Crippen molar-refractivity contribution >= 4 is 23.4 Å². The highest BCUT2D eigenvalue weighted by Crippen LogP contribution is 2.34. The molecule has 204 valence electrons. The van der Waals surface area contributed by atoms with Crippen molar-refractivity contribution in [2.45, 2.75) is 39.8 Å². The van der Waals surface area contributed by atoms with Crippen molar-refractivity contribution < 1.29 is 19.5 Å². The fraction of sp³-hybridized carbons (Fsp3) is 0.400. The van der Waals surface area contributed by atoms with Crippen LogP contribution in [-0.4, -0.2) is 75.2 Å². The molecule has 9 nitrogen and oxygen atoms in total. The number of fused-ring (bicyclic) bond motifs is 1. The van der Waals surface area contributed by atoms with Crippen LogP contribution in [0.15, 0.2) is 54.6 Å². The van der Waals surface area contributed by atoms with E-state index in [1.807, 2.05) is 67.1 Å². The largest absolute Gasteiger partial charge is 0.395 e. The Morgan fingerprint density at radius 2 is 1.85 bits per heavy atom. The molecule has 5 rings (SSSR count). The van der Waals surface area contributed by atoms with Gasteiger partial charge in [0.25, 0.3) is 11.8 Å². The number of benzene rings is 2. The van der Waals surface area contributed by atoms with Crippen LogP contribution in [0.3, 0.4) is 0 Å². The van der Waals surface area contributed by atoms with Gasteiger partial charge in [-0.1, -0.05) is 36.4 Å². The van der Waals surface area contributed by atoms with Gasteiger partial charge >= 0.3 is 0 Å². The van der Waals surface area contributed by atoms with Crippen LogP contribution in [-0.2, 0) is 17.9 Å². The smallest absolute Gasteiger partial charge is 0.263 e. The van der Waals surface area contributed by atoms with Crippen molar-refractivity contribution in [3.8, 4) is 0 Å². The van der Waals surface area contributed by atoms with E-state index in [1.54, 1.807) is 11.0 Å². The third-order valence-corrected chi connectivity index (χ3v) is 7.62. The van der Waals surface area contributed by atoms with Gasteiger partial charge in [-0.2, -0.15) is 5.10 Å². The third-order valence-electron chi connectivity index (χ3n) is 7.62. The predicted octanol–water partition coefficient (Wildman–Crippen LogP) is 3.03. The number of imide groups is 1. The first-order chi connectivity index (χ1) is 18.9. The van der Waals surface area contributed by atoms with Crippen molar-refractivity contribution in [3.05, 3.63) is 82.7 Å². The van der Waals surface area contributed by atoms with E-state index in [1.165, 1.54) is 4.90 Å². The first-order valence-electron chi connectivity index (χ1n) is 13.6. The molecule has 39 heavy (non-hydrogen) atoms. The Kier molecular flexibility index (Phi) is 7.79. The molecule has 3 heterocycles. The summed E-state index contributed by atoms with van der Waals surface area (Å²) in [5.74, 6) is -0.857. The number of piperidine rings is 1. The standard InChI is InChI=1S/C30H35N5O4/c1-21-18-22(2)35(31-21)15-14-34-29(38)25-11-6-12-26(27(25)30(34)39)32-13-7-10-24(20-32)28(37)33(16-17-36)19-23-8-4-3-5-9-23/h3-6,8-9,11-12,18,24,36H,7,10,13-17,19-20H2,1-2H3/t24-/m1/s1. The highest BCUT2D eigenvalue weighted by atomic mass is 16.3. The summed E-state index contributed by atoms with van der Waals surface area (Å²) >= 11 is 0. The molecule has 0 saturated carbocycles. The molecular weight excluding hydrogens is 494 g/mol. The van der Waals surface area contributed by atoms with E-state index in [-0.39, 0.29) is 43.3 Å². The molecule has 1 saturated heterocycles. The second kappa shape index (κ2) is 11.4. The minimum atomic E-state index is -0.299. The van der Waals surface area contributed by atoms with Gasteiger partial charge in [0, 0.05) is 38.4 Å². The number of amides is 3. The Bertz CT molecular complexity index is 1370. The van der Waals surface area contributed by atoms with Gasteiger partial charge in [-0.05, 0) is 50.5 Å². The number of hydrogen-bond acceptors (Lipinski definition) is 6. The lowest BCUT2D eigenvalue weighted by molar-refractivity contribution is -0.137. The van der Waals surface area contributed by atoms with E-state index in [0.717, 1.165) is 29.8 Å². The number of aryl methyl sites for hydroxylation is 2. The fourth-order valence-electron chi connectivity index (χ4n) is 5.73. The van der Waals surface area contributed by atoms with Gasteiger partial charge < -0.3 is 14.9 Å². The second-order valence-corrected chi connectivity index (χ2v) is 10.4. The van der Waals surface area contributed by atoms with Gasteiger partial charge in [-0.25, -0.2) is 0 Å². The summed E-state index contributed by atoms with van der Waals surface area (Å²) in [7, 11) is 0. The Morgan fingerprint density at radius 3 is 2.56 bits per heavy atom. The number of aliphatic hydroxyl groups excluding tert-OH is 1. The van der Waals surface area contributed by atoms with Gasteiger partial charge in [0.05, 0.1) is 41.6 Å². The SMILES string of the molecule is Cc1cc(C)n(CCN2C(=O)c3cccc(N4CCC[C@@H](C(=O)N(CCO)Cc5ccccc5)C4)c3C2=O)n1. The summed E-state index contributed by atoms with van der Waals surface area (Å²) in [6.45, 7) is 6.30. The monoisotopic (exact) mass is 529 g/mol. The lowest BCUT2D eigenvalue weighted by Crippen LogP contribution is -2.45. The Labute approximate surface area is 228 Å². The maximum atomic E-state index is 13.6. The lowest BCUT2D eigenvalue weighted by atomic mass is 9.94. The second-order valence-electron chi connectivity index (χ2n) is 10.4. The average Bonchev–Trinajstić information content (AvgIpc) is 3.40. The highest BCUT2D eigenvalue weighted by molar-refractivity contribution is 6.23. The third kappa shape index (κ3) is 5.45. The van der Waals surface area contributed by atoms with Gasteiger partial charge in [-0.15, -0.1) is 0 Å². The van der Waals surface area contributed by atoms with Crippen molar-refractivity contribution in [2.24, 2.45) is 5.92 Å². The minimum absolute atomic E-state index is 0.000838. The van der Waals surface area contributed by atoms with E-state index in [2.05, 4.69) is 10.00 Å². The number of hydrogen-bond donors (Lipinski definition) is 1. The van der Waals surface area contributed by atoms with Crippen molar-refractivity contribution in [3.63, 3.8) is 0 Å². The average molecular weight is 530 g/mol. The van der Waals surface area contributed by atoms with Gasteiger partial charge in [0.15, 0.2) is 0 Å². The zero-order valence-corrected chi connectivity index (χ0v) is 22.5. The summed E-state index contributed by atoms with van der Waals surface area (Å²) in [6.07, 6.45) is 1.53. The fourth-order valence-corrected chi connectivity index (χ4v) is 5.73. The van der Waals surface area contributed by atoms with Crippen LogP contribution in [0.25, 0.3) is 0 Å². The molecule has 1 N–H and O–H groups in total. The lowest BCUT2D eigenvalue weighted by Gasteiger charge is -2.36. The van der Waals surface area contributed by atoms with Crippen LogP contribution in [0.1, 0.15) is 50.5 Å². The van der Waals surface area contributed by atoms with Crippen molar-refractivity contribution in [1.82, 2.24) is 19.6 Å². The molecule has 0 bridgehead atoms. The van der Waals surface area contributed by atoms with Crippen LogP contribution in [0, 0.1) is 19.8 Å². The number of carbonyl (C=O) groups is 3. The van der Waals surface area contributed by atoms with E-state index < -0.39 is 0 Å². The number of rotatable bonds is 9. The molecule has 3 aromatic rings. The summed E-state index contributed by atoms with van der Waals surface area (Å²) in [4.78, 5) is 45.4. The zero-order valence-electron chi connectivity index (χ0n) is 22.5. The Balaban J connectivity index is 1.32. The molecule has 1 fully saturated rings. The van der Waals surface area contributed by atoms with E-state index in [0.29, 0.717) is 43.0 Å². The quantitative estimate of drug-likeness (QED) is 0.428. The first kappa shape index (κ1) is 26.6. The maximum Gasteiger partial charge on any atom is 0.263 e. The number of nitrogens with zero attached hydrogens (tertiary/aromatic N) is 5. The number of carbonyl (C=O) groups excluding carboxylic acids is 3. The molecule has 1 aromatic heterocycles. The molecule has 0 radical (unpaired) electrons. The Hall–Kier alpha value is -3.98. The van der Waals surface area contributed by atoms with E-state index >= 15 is 0 Å². The molecule has 0 spiro atoms. The van der Waals surface area contributed by atoms with E-state index in [9.17, 15) is 19.5 Å². The highest BCUT2D eigenvalue weighted by Gasteiger charge is 2.39. The van der Waals surface area contributed by atoms with E-state index in [4.69, 9.17) is 0 Å². The first-order valence-corrected chi connectivity index (χ1v) is 13.6. The maximum absolute atomic E-state index is 13.6. The molecule has 2 aliphatic rings. The van der Waals surface area contributed by atoms with Crippen molar-refractivity contribution in [2.75, 3.05) is 37.7 Å². The molecular formula is C30H35N5O4. The van der Waals surface area contributed by atoms with Gasteiger partial charge in [0.2, 0.25) is 5.91 Å². The molecule has 2 aliphatic heterocycles. The van der Waals surface area contributed by atoms with Crippen LogP contribution >= 0.6 is 0 Å². The molecule has 0 unspecified atom stereocenters. The number of aromatic nitrogens is 2. The number of anilines is 1. The summed E-state index contributed by atoms with van der Waals surface area (Å²) < 4.78 is 1.81. The zero-order chi connectivity index (χ0) is 27.5. The van der Waals surface area contributed by atoms with Gasteiger partial charge in [0.1, 0.15) is 0 Å². The summed E-state index contributed by atoms with van der Waals surface area (Å²) in [6, 6.07) is 17.1. The normalized spacial score (nSPS) is 17.1. The van der Waals surface area contributed by atoms with Crippen molar-refractivity contribution in [1.29, 1.82) is 0 Å². The van der Waals surface area contributed by atoms with Crippen LogP contribution in [0.4, 0.5) is 5.69 Å². The number of aliphatic hydroxyl groups is 1. The minimum Gasteiger partial charge on any atom is -0.395 e.